The standard InChI is InChI=1S/C12H9ClF2N2O2S/c13-10-4-7(14)5-11(15)12(10)17-20(18,19)9-3-1-2-8(16)6-9/h1-6,17H,16H2. The Morgan fingerprint density at radius 1 is 1.15 bits per heavy atom. The summed E-state index contributed by atoms with van der Waals surface area (Å²) in [6.45, 7) is 0. The smallest absolute Gasteiger partial charge is 0.262 e. The monoisotopic (exact) mass is 318 g/mol. The van der Waals surface area contributed by atoms with Crippen molar-refractivity contribution < 1.29 is 17.2 Å². The van der Waals surface area contributed by atoms with Gasteiger partial charge in [0.25, 0.3) is 10.0 Å². The highest BCUT2D eigenvalue weighted by molar-refractivity contribution is 7.92. The van der Waals surface area contributed by atoms with Gasteiger partial charge in [-0.25, -0.2) is 17.2 Å². The van der Waals surface area contributed by atoms with Gasteiger partial charge in [-0.15, -0.1) is 0 Å². The van der Waals surface area contributed by atoms with Crippen LogP contribution in [0.3, 0.4) is 0 Å². The van der Waals surface area contributed by atoms with Gasteiger partial charge >= 0.3 is 0 Å². The Labute approximate surface area is 119 Å². The molecule has 0 fully saturated rings. The molecule has 0 saturated heterocycles. The zero-order chi connectivity index (χ0) is 14.9. The molecule has 0 aliphatic heterocycles. The fourth-order valence-corrected chi connectivity index (χ4v) is 2.96. The summed E-state index contributed by atoms with van der Waals surface area (Å²) in [5, 5.41) is -0.380. The summed E-state index contributed by atoms with van der Waals surface area (Å²) in [4.78, 5) is -0.155. The summed E-state index contributed by atoms with van der Waals surface area (Å²) < 4.78 is 52.5. The summed E-state index contributed by atoms with van der Waals surface area (Å²) in [6, 6.07) is 6.77. The normalized spacial score (nSPS) is 11.3. The Kier molecular flexibility index (Phi) is 3.82. The van der Waals surface area contributed by atoms with Gasteiger partial charge in [0.2, 0.25) is 0 Å². The van der Waals surface area contributed by atoms with Gasteiger partial charge in [-0.05, 0) is 24.3 Å². The lowest BCUT2D eigenvalue weighted by atomic mass is 10.3. The molecule has 0 aliphatic rings. The third-order valence-electron chi connectivity index (χ3n) is 2.41. The quantitative estimate of drug-likeness (QED) is 0.854. The maximum Gasteiger partial charge on any atom is 0.262 e. The zero-order valence-corrected chi connectivity index (χ0v) is 11.5. The van der Waals surface area contributed by atoms with Crippen LogP contribution >= 0.6 is 11.6 Å². The number of nitrogens with two attached hydrogens (primary N) is 1. The lowest BCUT2D eigenvalue weighted by Crippen LogP contribution is -2.14. The first-order valence-electron chi connectivity index (χ1n) is 5.32. The van der Waals surface area contributed by atoms with Crippen LogP contribution in [-0.4, -0.2) is 8.42 Å². The Morgan fingerprint density at radius 3 is 2.45 bits per heavy atom. The van der Waals surface area contributed by atoms with E-state index in [9.17, 15) is 17.2 Å². The van der Waals surface area contributed by atoms with E-state index in [-0.39, 0.29) is 15.6 Å². The number of rotatable bonds is 3. The van der Waals surface area contributed by atoms with Gasteiger partial charge in [0.05, 0.1) is 9.92 Å². The minimum atomic E-state index is -4.07. The van der Waals surface area contributed by atoms with E-state index in [1.807, 2.05) is 4.72 Å². The van der Waals surface area contributed by atoms with Gasteiger partial charge in [-0.1, -0.05) is 17.7 Å². The molecule has 2 aromatic rings. The van der Waals surface area contributed by atoms with Gasteiger partial charge in [-0.2, -0.15) is 0 Å². The molecule has 2 aromatic carbocycles. The summed E-state index contributed by atoms with van der Waals surface area (Å²) in [7, 11) is -4.07. The average molecular weight is 319 g/mol. The molecule has 0 spiro atoms. The second kappa shape index (κ2) is 5.26. The van der Waals surface area contributed by atoms with Crippen molar-refractivity contribution in [2.24, 2.45) is 0 Å². The summed E-state index contributed by atoms with van der Waals surface area (Å²) in [6.07, 6.45) is 0. The molecule has 2 rings (SSSR count). The van der Waals surface area contributed by atoms with Gasteiger partial charge < -0.3 is 5.73 Å². The van der Waals surface area contributed by atoms with Crippen LogP contribution in [0.1, 0.15) is 0 Å². The number of hydrogen-bond donors (Lipinski definition) is 2. The van der Waals surface area contributed by atoms with Crippen molar-refractivity contribution in [2.75, 3.05) is 10.5 Å². The largest absolute Gasteiger partial charge is 0.399 e. The molecule has 0 heterocycles. The van der Waals surface area contributed by atoms with Gasteiger partial charge in [-0.3, -0.25) is 4.72 Å². The van der Waals surface area contributed by atoms with Gasteiger partial charge in [0.15, 0.2) is 5.82 Å². The number of benzene rings is 2. The Balaban J connectivity index is 2.44. The van der Waals surface area contributed by atoms with Gasteiger partial charge in [0, 0.05) is 11.8 Å². The van der Waals surface area contributed by atoms with Crippen LogP contribution in [0.5, 0.6) is 0 Å². The molecular formula is C12H9ClF2N2O2S. The highest BCUT2D eigenvalue weighted by atomic mass is 35.5. The van der Waals surface area contributed by atoms with E-state index in [4.69, 9.17) is 17.3 Å². The summed E-state index contributed by atoms with van der Waals surface area (Å²) in [5.74, 6) is -2.01. The van der Waals surface area contributed by atoms with Crippen molar-refractivity contribution in [2.45, 2.75) is 4.90 Å². The fourth-order valence-electron chi connectivity index (χ4n) is 1.51. The van der Waals surface area contributed by atoms with Crippen LogP contribution in [0.25, 0.3) is 0 Å². The van der Waals surface area contributed by atoms with Crippen molar-refractivity contribution in [3.8, 4) is 0 Å². The van der Waals surface area contributed by atoms with Crippen LogP contribution in [0.2, 0.25) is 5.02 Å². The van der Waals surface area contributed by atoms with E-state index in [1.165, 1.54) is 24.3 Å². The van der Waals surface area contributed by atoms with Crippen molar-refractivity contribution in [1.29, 1.82) is 0 Å². The molecule has 0 aliphatic carbocycles. The topological polar surface area (TPSA) is 72.2 Å². The van der Waals surface area contributed by atoms with E-state index >= 15 is 0 Å². The zero-order valence-electron chi connectivity index (χ0n) is 9.90. The third-order valence-corrected chi connectivity index (χ3v) is 4.06. The lowest BCUT2D eigenvalue weighted by Gasteiger charge is -2.11. The number of nitrogen functional groups attached to an aromatic ring is 1. The van der Waals surface area contributed by atoms with Crippen LogP contribution in [0.4, 0.5) is 20.2 Å². The molecule has 20 heavy (non-hydrogen) atoms. The molecule has 3 N–H and O–H groups in total. The van der Waals surface area contributed by atoms with E-state index < -0.39 is 27.3 Å². The minimum absolute atomic E-state index is 0.155. The van der Waals surface area contributed by atoms with Crippen molar-refractivity contribution in [3.63, 3.8) is 0 Å². The van der Waals surface area contributed by atoms with Crippen molar-refractivity contribution in [3.05, 3.63) is 53.1 Å². The SMILES string of the molecule is Nc1cccc(S(=O)(=O)Nc2c(F)cc(F)cc2Cl)c1. The highest BCUT2D eigenvalue weighted by Gasteiger charge is 2.19. The lowest BCUT2D eigenvalue weighted by molar-refractivity contribution is 0.583. The molecule has 8 heteroatoms. The van der Waals surface area contributed by atoms with E-state index in [1.54, 1.807) is 0 Å². The average Bonchev–Trinajstić information content (AvgIpc) is 2.34. The van der Waals surface area contributed by atoms with Crippen molar-refractivity contribution >= 4 is 33.0 Å². The van der Waals surface area contributed by atoms with E-state index in [2.05, 4.69) is 0 Å². The fraction of sp³-hybridized carbons (Fsp3) is 0. The molecule has 0 amide bonds. The first kappa shape index (κ1) is 14.5. The first-order chi connectivity index (χ1) is 9.29. The molecule has 0 aromatic heterocycles. The number of nitrogens with one attached hydrogen (secondary N) is 1. The Hall–Kier alpha value is -1.86. The molecule has 0 radical (unpaired) electrons. The number of halogens is 3. The first-order valence-corrected chi connectivity index (χ1v) is 7.18. The third kappa shape index (κ3) is 3.00. The van der Waals surface area contributed by atoms with Crippen LogP contribution in [-0.2, 0) is 10.0 Å². The van der Waals surface area contributed by atoms with Gasteiger partial charge in [0.1, 0.15) is 11.5 Å². The van der Waals surface area contributed by atoms with Crippen LogP contribution in [0, 0.1) is 11.6 Å². The molecule has 0 saturated carbocycles. The van der Waals surface area contributed by atoms with E-state index in [0.717, 1.165) is 6.07 Å². The Bertz CT molecular complexity index is 743. The minimum Gasteiger partial charge on any atom is -0.399 e. The summed E-state index contributed by atoms with van der Waals surface area (Å²) in [5.41, 5.74) is 5.20. The molecule has 0 unspecified atom stereocenters. The molecule has 0 bridgehead atoms. The molecule has 106 valence electrons. The van der Waals surface area contributed by atoms with Crippen LogP contribution < -0.4 is 10.5 Å². The molecule has 0 atom stereocenters. The molecular weight excluding hydrogens is 310 g/mol. The predicted octanol–water partition coefficient (Wildman–Crippen LogP) is 3.00. The molecule has 4 nitrogen and oxygen atoms in total. The number of sulfonamides is 1. The number of hydrogen-bond acceptors (Lipinski definition) is 3. The van der Waals surface area contributed by atoms with Crippen LogP contribution in [0.15, 0.2) is 41.3 Å². The highest BCUT2D eigenvalue weighted by Crippen LogP contribution is 2.28. The maximum atomic E-state index is 13.6. The van der Waals surface area contributed by atoms with Crippen molar-refractivity contribution in [1.82, 2.24) is 0 Å². The number of anilines is 2. The predicted molar refractivity (Wildman–Crippen MR) is 73.0 cm³/mol. The maximum absolute atomic E-state index is 13.6. The second-order valence-electron chi connectivity index (χ2n) is 3.92. The summed E-state index contributed by atoms with van der Waals surface area (Å²) >= 11 is 5.63. The van der Waals surface area contributed by atoms with E-state index in [0.29, 0.717) is 6.07 Å². The second-order valence-corrected chi connectivity index (χ2v) is 6.01. The Morgan fingerprint density at radius 2 is 1.85 bits per heavy atom.